The molecule has 0 amide bonds. The summed E-state index contributed by atoms with van der Waals surface area (Å²) in [7, 11) is 0. The molecule has 2 heterocycles. The van der Waals surface area contributed by atoms with E-state index in [2.05, 4.69) is 55.3 Å². The topological polar surface area (TPSA) is 56.7 Å². The molecular weight excluding hydrogens is 268 g/mol. The summed E-state index contributed by atoms with van der Waals surface area (Å²) in [6.45, 7) is 7.30. The van der Waals surface area contributed by atoms with E-state index in [0.717, 1.165) is 18.7 Å². The minimum absolute atomic E-state index is 0.0380. The molecule has 5 heteroatoms. The van der Waals surface area contributed by atoms with Crippen molar-refractivity contribution in [3.05, 3.63) is 35.5 Å². The molecule has 1 aliphatic heterocycles. The zero-order valence-electron chi connectivity index (χ0n) is 12.1. The molecular formula is C15H20N4S. The number of nitrogen functional groups attached to an aromatic ring is 1. The molecule has 0 saturated heterocycles. The Balaban J connectivity index is 1.81. The first kappa shape index (κ1) is 13.5. The van der Waals surface area contributed by atoms with E-state index < -0.39 is 0 Å². The molecule has 2 aromatic rings. The van der Waals surface area contributed by atoms with Crippen LogP contribution in [0.4, 0.5) is 5.82 Å². The lowest BCUT2D eigenvalue weighted by atomic mass is 9.92. The third-order valence-corrected chi connectivity index (χ3v) is 4.86. The molecule has 2 N–H and O–H groups in total. The van der Waals surface area contributed by atoms with Gasteiger partial charge in [0.25, 0.3) is 0 Å². The number of nitrogens with zero attached hydrogens (tertiary/aromatic N) is 3. The van der Waals surface area contributed by atoms with Crippen LogP contribution in [0.25, 0.3) is 0 Å². The van der Waals surface area contributed by atoms with Crippen LogP contribution in [-0.4, -0.2) is 20.2 Å². The molecule has 1 aromatic carbocycles. The van der Waals surface area contributed by atoms with Gasteiger partial charge in [0.15, 0.2) is 5.82 Å². The Labute approximate surface area is 123 Å². The van der Waals surface area contributed by atoms with Crippen LogP contribution in [0.15, 0.2) is 29.2 Å². The highest BCUT2D eigenvalue weighted by Gasteiger charge is 2.28. The molecule has 0 spiro atoms. The van der Waals surface area contributed by atoms with E-state index in [4.69, 9.17) is 5.73 Å². The fourth-order valence-corrected chi connectivity index (χ4v) is 4.07. The van der Waals surface area contributed by atoms with Crippen LogP contribution in [0.3, 0.4) is 0 Å². The summed E-state index contributed by atoms with van der Waals surface area (Å²) < 4.78 is 1.98. The number of anilines is 1. The minimum atomic E-state index is -0.0380. The van der Waals surface area contributed by atoms with Crippen molar-refractivity contribution in [2.75, 3.05) is 5.73 Å². The lowest BCUT2D eigenvalue weighted by Gasteiger charge is -2.21. The summed E-state index contributed by atoms with van der Waals surface area (Å²) in [5.41, 5.74) is 8.42. The summed E-state index contributed by atoms with van der Waals surface area (Å²) in [6, 6.07) is 8.61. The van der Waals surface area contributed by atoms with Gasteiger partial charge in [0, 0.05) is 15.6 Å². The lowest BCUT2D eigenvalue weighted by molar-refractivity contribution is 0.476. The number of benzene rings is 1. The maximum absolute atomic E-state index is 5.98. The van der Waals surface area contributed by atoms with Crippen LogP contribution >= 0.6 is 11.8 Å². The van der Waals surface area contributed by atoms with E-state index in [1.54, 1.807) is 0 Å². The SMILES string of the molecule is CC(C)(C)c1c(N)nnn1CC1Cc2ccccc2S1. The molecule has 1 aliphatic rings. The van der Waals surface area contributed by atoms with E-state index in [1.807, 2.05) is 16.4 Å². The molecule has 1 aromatic heterocycles. The number of nitrogens with two attached hydrogens (primary N) is 1. The molecule has 3 rings (SSSR count). The quantitative estimate of drug-likeness (QED) is 0.923. The van der Waals surface area contributed by atoms with Crippen molar-refractivity contribution in [1.82, 2.24) is 15.0 Å². The number of thioether (sulfide) groups is 1. The zero-order valence-corrected chi connectivity index (χ0v) is 12.9. The summed E-state index contributed by atoms with van der Waals surface area (Å²) >= 11 is 1.93. The van der Waals surface area contributed by atoms with Crippen molar-refractivity contribution in [3.8, 4) is 0 Å². The van der Waals surface area contributed by atoms with E-state index >= 15 is 0 Å². The van der Waals surface area contributed by atoms with Crippen LogP contribution in [0.2, 0.25) is 0 Å². The molecule has 0 bridgehead atoms. The summed E-state index contributed by atoms with van der Waals surface area (Å²) in [4.78, 5) is 1.39. The second kappa shape index (κ2) is 4.81. The Kier molecular flexibility index (Phi) is 3.24. The van der Waals surface area contributed by atoms with E-state index in [0.29, 0.717) is 11.1 Å². The zero-order chi connectivity index (χ0) is 14.3. The molecule has 4 nitrogen and oxygen atoms in total. The second-order valence-corrected chi connectivity index (χ2v) is 7.65. The highest BCUT2D eigenvalue weighted by Crippen LogP contribution is 2.38. The largest absolute Gasteiger partial charge is 0.381 e. The third-order valence-electron chi connectivity index (χ3n) is 3.56. The molecule has 0 radical (unpaired) electrons. The molecule has 0 aliphatic carbocycles. The van der Waals surface area contributed by atoms with Crippen molar-refractivity contribution in [3.63, 3.8) is 0 Å². The van der Waals surface area contributed by atoms with Gasteiger partial charge in [-0.2, -0.15) is 0 Å². The third kappa shape index (κ3) is 2.42. The Morgan fingerprint density at radius 1 is 1.35 bits per heavy atom. The van der Waals surface area contributed by atoms with Crippen LogP contribution in [0.1, 0.15) is 32.0 Å². The maximum atomic E-state index is 5.98. The van der Waals surface area contributed by atoms with Crippen molar-refractivity contribution in [2.24, 2.45) is 0 Å². The Morgan fingerprint density at radius 3 is 2.80 bits per heavy atom. The number of fused-ring (bicyclic) bond motifs is 1. The smallest absolute Gasteiger partial charge is 0.169 e. The number of hydrogen-bond donors (Lipinski definition) is 1. The highest BCUT2D eigenvalue weighted by molar-refractivity contribution is 8.00. The summed E-state index contributed by atoms with van der Waals surface area (Å²) in [5.74, 6) is 0.554. The van der Waals surface area contributed by atoms with Gasteiger partial charge >= 0.3 is 0 Å². The number of rotatable bonds is 2. The molecule has 1 atom stereocenters. The number of aromatic nitrogens is 3. The van der Waals surface area contributed by atoms with E-state index in [1.165, 1.54) is 10.5 Å². The standard InChI is InChI=1S/C15H20N4S/c1-15(2,3)13-14(16)17-18-19(13)9-11-8-10-6-4-5-7-12(10)20-11/h4-7,11H,8-9,16H2,1-3H3. The highest BCUT2D eigenvalue weighted by atomic mass is 32.2. The molecule has 20 heavy (non-hydrogen) atoms. The molecule has 0 fully saturated rings. The fourth-order valence-electron chi connectivity index (χ4n) is 2.77. The first-order chi connectivity index (χ1) is 9.45. The summed E-state index contributed by atoms with van der Waals surface area (Å²) in [6.07, 6.45) is 1.09. The first-order valence-corrected chi connectivity index (χ1v) is 7.77. The lowest BCUT2D eigenvalue weighted by Crippen LogP contribution is -2.23. The Hall–Kier alpha value is -1.49. The maximum Gasteiger partial charge on any atom is 0.169 e. The van der Waals surface area contributed by atoms with Gasteiger partial charge in [-0.3, -0.25) is 0 Å². The van der Waals surface area contributed by atoms with Crippen molar-refractivity contribution in [1.29, 1.82) is 0 Å². The predicted molar refractivity (Wildman–Crippen MR) is 82.9 cm³/mol. The van der Waals surface area contributed by atoms with Crippen LogP contribution in [0, 0.1) is 0 Å². The van der Waals surface area contributed by atoms with Gasteiger partial charge in [0.1, 0.15) is 0 Å². The predicted octanol–water partition coefficient (Wildman–Crippen LogP) is 2.87. The van der Waals surface area contributed by atoms with Gasteiger partial charge in [-0.15, -0.1) is 16.9 Å². The molecule has 0 saturated carbocycles. The van der Waals surface area contributed by atoms with Crippen LogP contribution < -0.4 is 5.73 Å². The average Bonchev–Trinajstić information content (AvgIpc) is 2.91. The van der Waals surface area contributed by atoms with Crippen LogP contribution in [-0.2, 0) is 18.4 Å². The van der Waals surface area contributed by atoms with Crippen LogP contribution in [0.5, 0.6) is 0 Å². The van der Waals surface area contributed by atoms with Crippen molar-refractivity contribution >= 4 is 17.6 Å². The van der Waals surface area contributed by atoms with E-state index in [-0.39, 0.29) is 5.41 Å². The van der Waals surface area contributed by atoms with Gasteiger partial charge in [0.2, 0.25) is 0 Å². The fraction of sp³-hybridized carbons (Fsp3) is 0.467. The van der Waals surface area contributed by atoms with Gasteiger partial charge in [-0.25, -0.2) is 4.68 Å². The van der Waals surface area contributed by atoms with E-state index in [9.17, 15) is 0 Å². The number of hydrogen-bond acceptors (Lipinski definition) is 4. The van der Waals surface area contributed by atoms with Gasteiger partial charge < -0.3 is 5.73 Å². The van der Waals surface area contributed by atoms with Crippen molar-refractivity contribution < 1.29 is 0 Å². The molecule has 1 unspecified atom stereocenters. The Bertz CT molecular complexity index is 602. The second-order valence-electron chi connectivity index (χ2n) is 6.31. The average molecular weight is 288 g/mol. The van der Waals surface area contributed by atoms with Crippen molar-refractivity contribution in [2.45, 2.75) is 49.3 Å². The minimum Gasteiger partial charge on any atom is -0.381 e. The van der Waals surface area contributed by atoms with Gasteiger partial charge in [-0.1, -0.05) is 44.2 Å². The monoisotopic (exact) mass is 288 g/mol. The summed E-state index contributed by atoms with van der Waals surface area (Å²) in [5, 5.41) is 8.80. The first-order valence-electron chi connectivity index (χ1n) is 6.89. The van der Waals surface area contributed by atoms with Gasteiger partial charge in [0.05, 0.1) is 12.2 Å². The normalized spacial score (nSPS) is 18.2. The Morgan fingerprint density at radius 2 is 2.10 bits per heavy atom. The molecule has 106 valence electrons. The van der Waals surface area contributed by atoms with Gasteiger partial charge in [-0.05, 0) is 18.1 Å².